The summed E-state index contributed by atoms with van der Waals surface area (Å²) in [7, 11) is 3.17. The van der Waals surface area contributed by atoms with Crippen molar-refractivity contribution in [2.75, 3.05) is 14.2 Å². The van der Waals surface area contributed by atoms with Crippen LogP contribution in [-0.2, 0) is 6.54 Å². The predicted molar refractivity (Wildman–Crippen MR) is 71.5 cm³/mol. The van der Waals surface area contributed by atoms with Gasteiger partial charge in [0.15, 0.2) is 0 Å². The van der Waals surface area contributed by atoms with E-state index in [0.717, 1.165) is 5.56 Å². The normalized spacial score (nSPS) is 12.2. The summed E-state index contributed by atoms with van der Waals surface area (Å²) in [6.07, 6.45) is 2.94. The molecule has 0 saturated carbocycles. The van der Waals surface area contributed by atoms with E-state index in [9.17, 15) is 5.11 Å². The maximum absolute atomic E-state index is 10.3. The number of aryl methyl sites for hydroxylation is 1. The van der Waals surface area contributed by atoms with Crippen LogP contribution in [-0.4, -0.2) is 29.1 Å². The number of methoxy groups -OCH3 is 2. The van der Waals surface area contributed by atoms with Gasteiger partial charge >= 0.3 is 0 Å². The van der Waals surface area contributed by atoms with E-state index < -0.39 is 6.10 Å². The third-order valence-electron chi connectivity index (χ3n) is 2.92. The number of aliphatic hydroxyl groups is 1. The first kappa shape index (κ1) is 13.4. The molecule has 1 aromatic carbocycles. The number of benzene rings is 1. The molecule has 1 atom stereocenters. The lowest BCUT2D eigenvalue weighted by Gasteiger charge is -2.16. The van der Waals surface area contributed by atoms with E-state index in [2.05, 4.69) is 5.10 Å². The highest BCUT2D eigenvalue weighted by atomic mass is 16.5. The summed E-state index contributed by atoms with van der Waals surface area (Å²) in [6.45, 7) is 2.33. The topological polar surface area (TPSA) is 56.5 Å². The molecule has 0 fully saturated rings. The van der Waals surface area contributed by atoms with Gasteiger partial charge in [-0.25, -0.2) is 0 Å². The van der Waals surface area contributed by atoms with Gasteiger partial charge in [-0.1, -0.05) is 0 Å². The van der Waals surface area contributed by atoms with Gasteiger partial charge in [0.25, 0.3) is 0 Å². The highest BCUT2D eigenvalue weighted by Gasteiger charge is 2.15. The molecule has 19 heavy (non-hydrogen) atoms. The molecular weight excluding hydrogens is 244 g/mol. The Labute approximate surface area is 112 Å². The number of aromatic nitrogens is 2. The zero-order chi connectivity index (χ0) is 13.8. The Morgan fingerprint density at radius 3 is 2.68 bits per heavy atom. The van der Waals surface area contributed by atoms with E-state index in [4.69, 9.17) is 9.47 Å². The molecule has 0 spiro atoms. The lowest BCUT2D eigenvalue weighted by Crippen LogP contribution is -2.10. The van der Waals surface area contributed by atoms with Crippen LogP contribution < -0.4 is 9.47 Å². The molecule has 0 bridgehead atoms. The van der Waals surface area contributed by atoms with Crippen molar-refractivity contribution in [3.8, 4) is 11.5 Å². The van der Waals surface area contributed by atoms with E-state index in [-0.39, 0.29) is 0 Å². The van der Waals surface area contributed by atoms with Crippen molar-refractivity contribution in [2.24, 2.45) is 0 Å². The van der Waals surface area contributed by atoms with Gasteiger partial charge in [0.1, 0.15) is 17.6 Å². The molecule has 0 radical (unpaired) electrons. The molecule has 5 nitrogen and oxygen atoms in total. The van der Waals surface area contributed by atoms with Gasteiger partial charge < -0.3 is 14.6 Å². The predicted octanol–water partition coefficient (Wildman–Crippen LogP) is 1.94. The van der Waals surface area contributed by atoms with E-state index in [1.165, 1.54) is 0 Å². The number of ether oxygens (including phenoxy) is 2. The fraction of sp³-hybridized carbons (Fsp3) is 0.357. The Bertz CT molecular complexity index is 551. The first-order chi connectivity index (χ1) is 9.13. The van der Waals surface area contributed by atoms with Crippen molar-refractivity contribution >= 4 is 0 Å². The maximum atomic E-state index is 10.3. The summed E-state index contributed by atoms with van der Waals surface area (Å²) in [5.74, 6) is 1.32. The summed E-state index contributed by atoms with van der Waals surface area (Å²) in [6, 6.07) is 5.36. The average Bonchev–Trinajstić information content (AvgIpc) is 2.83. The zero-order valence-electron chi connectivity index (χ0n) is 11.3. The minimum Gasteiger partial charge on any atom is -0.497 e. The Balaban J connectivity index is 2.23. The van der Waals surface area contributed by atoms with Crippen LogP contribution in [0.4, 0.5) is 0 Å². The van der Waals surface area contributed by atoms with Crippen LogP contribution in [0.15, 0.2) is 30.6 Å². The molecule has 1 aromatic heterocycles. The fourth-order valence-electron chi connectivity index (χ4n) is 1.94. The molecule has 1 N–H and O–H groups in total. The summed E-state index contributed by atoms with van der Waals surface area (Å²) in [5, 5.41) is 14.5. The fourth-order valence-corrected chi connectivity index (χ4v) is 1.94. The molecule has 2 aromatic rings. The van der Waals surface area contributed by atoms with E-state index >= 15 is 0 Å². The van der Waals surface area contributed by atoms with E-state index in [1.54, 1.807) is 43.3 Å². The van der Waals surface area contributed by atoms with Crippen LogP contribution in [0.25, 0.3) is 0 Å². The van der Waals surface area contributed by atoms with Gasteiger partial charge in [0.05, 0.1) is 27.0 Å². The quantitative estimate of drug-likeness (QED) is 0.894. The van der Waals surface area contributed by atoms with Crippen LogP contribution in [0.1, 0.15) is 17.2 Å². The SMILES string of the molecule is COc1ccc(OC)c(C(O)Cn2cc(C)cn2)c1. The molecular formula is C14H18N2O3. The van der Waals surface area contributed by atoms with Crippen molar-refractivity contribution in [1.82, 2.24) is 9.78 Å². The van der Waals surface area contributed by atoms with Crippen LogP contribution in [0.3, 0.4) is 0 Å². The molecule has 0 aliphatic rings. The van der Waals surface area contributed by atoms with Gasteiger partial charge in [-0.15, -0.1) is 0 Å². The molecule has 102 valence electrons. The molecule has 1 unspecified atom stereocenters. The second-order valence-electron chi connectivity index (χ2n) is 4.36. The standard InChI is InChI=1S/C14H18N2O3/c1-10-7-15-16(8-10)9-13(17)12-6-11(18-2)4-5-14(12)19-3/h4-8,13,17H,9H2,1-3H3. The number of rotatable bonds is 5. The van der Waals surface area contributed by atoms with Crippen LogP contribution >= 0.6 is 0 Å². The summed E-state index contributed by atoms with van der Waals surface area (Å²) >= 11 is 0. The van der Waals surface area contributed by atoms with Gasteiger partial charge in [0.2, 0.25) is 0 Å². The highest BCUT2D eigenvalue weighted by molar-refractivity contribution is 5.41. The second kappa shape index (κ2) is 5.75. The molecule has 2 rings (SSSR count). The molecule has 0 aliphatic carbocycles. The Morgan fingerprint density at radius 2 is 2.11 bits per heavy atom. The number of hydrogen-bond acceptors (Lipinski definition) is 4. The third-order valence-corrected chi connectivity index (χ3v) is 2.92. The smallest absolute Gasteiger partial charge is 0.125 e. The molecule has 5 heteroatoms. The third kappa shape index (κ3) is 3.06. The van der Waals surface area contributed by atoms with Crippen LogP contribution in [0.5, 0.6) is 11.5 Å². The maximum Gasteiger partial charge on any atom is 0.125 e. The lowest BCUT2D eigenvalue weighted by atomic mass is 10.1. The first-order valence-electron chi connectivity index (χ1n) is 6.03. The number of aliphatic hydroxyl groups excluding tert-OH is 1. The lowest BCUT2D eigenvalue weighted by molar-refractivity contribution is 0.147. The van der Waals surface area contributed by atoms with Crippen molar-refractivity contribution in [3.05, 3.63) is 41.7 Å². The Hall–Kier alpha value is -2.01. The minimum absolute atomic E-state index is 0.372. The number of hydrogen-bond donors (Lipinski definition) is 1. The van der Waals surface area contributed by atoms with E-state index in [1.807, 2.05) is 13.1 Å². The van der Waals surface area contributed by atoms with Crippen molar-refractivity contribution < 1.29 is 14.6 Å². The van der Waals surface area contributed by atoms with Crippen molar-refractivity contribution in [1.29, 1.82) is 0 Å². The first-order valence-corrected chi connectivity index (χ1v) is 6.03. The van der Waals surface area contributed by atoms with E-state index in [0.29, 0.717) is 23.6 Å². The van der Waals surface area contributed by atoms with Gasteiger partial charge in [-0.05, 0) is 30.7 Å². The van der Waals surface area contributed by atoms with Gasteiger partial charge in [-0.2, -0.15) is 5.10 Å². The highest BCUT2D eigenvalue weighted by Crippen LogP contribution is 2.30. The molecule has 0 aliphatic heterocycles. The summed E-state index contributed by atoms with van der Waals surface area (Å²) in [5.41, 5.74) is 1.75. The summed E-state index contributed by atoms with van der Waals surface area (Å²) in [4.78, 5) is 0. The van der Waals surface area contributed by atoms with Crippen LogP contribution in [0, 0.1) is 6.92 Å². The van der Waals surface area contributed by atoms with Crippen molar-refractivity contribution in [3.63, 3.8) is 0 Å². The second-order valence-corrected chi connectivity index (χ2v) is 4.36. The number of nitrogens with zero attached hydrogens (tertiary/aromatic N) is 2. The average molecular weight is 262 g/mol. The van der Waals surface area contributed by atoms with Gasteiger partial charge in [0, 0.05) is 11.8 Å². The van der Waals surface area contributed by atoms with Gasteiger partial charge in [-0.3, -0.25) is 4.68 Å². The zero-order valence-corrected chi connectivity index (χ0v) is 11.3. The minimum atomic E-state index is -0.704. The van der Waals surface area contributed by atoms with Crippen molar-refractivity contribution in [2.45, 2.75) is 19.6 Å². The largest absolute Gasteiger partial charge is 0.497 e. The Morgan fingerprint density at radius 1 is 1.32 bits per heavy atom. The van der Waals surface area contributed by atoms with Crippen LogP contribution in [0.2, 0.25) is 0 Å². The monoisotopic (exact) mass is 262 g/mol. The summed E-state index contributed by atoms with van der Waals surface area (Å²) < 4.78 is 12.1. The Kier molecular flexibility index (Phi) is 4.06. The molecule has 0 saturated heterocycles. The molecule has 1 heterocycles. The molecule has 0 amide bonds.